The molecular formula is C18H28N8O2. The average Bonchev–Trinajstić information content (AvgIpc) is 3.18. The highest BCUT2D eigenvalue weighted by atomic mass is 16.5. The Hall–Kier alpha value is -2.85. The number of nitrogens with zero attached hydrogens (tertiary/aromatic N) is 5. The third-order valence-electron chi connectivity index (χ3n) is 4.17. The SMILES string of the molecule is Cc1cc(CNc2nc(NC3=CC(C)N(C)N3)cc(OCCN(C)C)n2)on1. The molecule has 28 heavy (non-hydrogen) atoms. The zero-order valence-corrected chi connectivity index (χ0v) is 17.0. The molecule has 0 fully saturated rings. The number of rotatable bonds is 9. The molecule has 2 aromatic rings. The minimum atomic E-state index is 0.285. The quantitative estimate of drug-likeness (QED) is 0.584. The Morgan fingerprint density at radius 2 is 2.14 bits per heavy atom. The van der Waals surface area contributed by atoms with E-state index >= 15 is 0 Å². The first-order chi connectivity index (χ1) is 13.4. The summed E-state index contributed by atoms with van der Waals surface area (Å²) in [5.41, 5.74) is 4.07. The molecule has 152 valence electrons. The summed E-state index contributed by atoms with van der Waals surface area (Å²) in [7, 11) is 5.98. The second kappa shape index (κ2) is 8.89. The van der Waals surface area contributed by atoms with Crippen molar-refractivity contribution in [2.24, 2.45) is 0 Å². The Balaban J connectivity index is 1.72. The van der Waals surface area contributed by atoms with Crippen LogP contribution in [0.2, 0.25) is 0 Å². The number of nitrogens with one attached hydrogen (secondary N) is 3. The van der Waals surface area contributed by atoms with Gasteiger partial charge in [0, 0.05) is 31.8 Å². The van der Waals surface area contributed by atoms with E-state index in [1.807, 2.05) is 39.1 Å². The van der Waals surface area contributed by atoms with Crippen molar-refractivity contribution in [3.8, 4) is 5.88 Å². The van der Waals surface area contributed by atoms with E-state index in [0.29, 0.717) is 36.6 Å². The van der Waals surface area contributed by atoms with Gasteiger partial charge in [-0.05, 0) is 34.0 Å². The van der Waals surface area contributed by atoms with Crippen LogP contribution in [-0.4, -0.2) is 65.4 Å². The summed E-state index contributed by atoms with van der Waals surface area (Å²) < 4.78 is 11.0. The lowest BCUT2D eigenvalue weighted by Crippen LogP contribution is -2.34. The first-order valence-corrected chi connectivity index (χ1v) is 9.20. The second-order valence-corrected chi connectivity index (χ2v) is 7.02. The van der Waals surface area contributed by atoms with E-state index < -0.39 is 0 Å². The minimum absolute atomic E-state index is 0.285. The Kier molecular flexibility index (Phi) is 6.32. The number of likely N-dealkylation sites (N-methyl/N-ethyl adjacent to an activating group) is 2. The van der Waals surface area contributed by atoms with Crippen molar-refractivity contribution in [2.45, 2.75) is 26.4 Å². The van der Waals surface area contributed by atoms with Crippen molar-refractivity contribution in [1.82, 2.24) is 30.5 Å². The van der Waals surface area contributed by atoms with Gasteiger partial charge in [0.25, 0.3) is 0 Å². The first kappa shape index (κ1) is 19.9. The lowest BCUT2D eigenvalue weighted by atomic mass is 10.3. The van der Waals surface area contributed by atoms with Crippen LogP contribution in [0.5, 0.6) is 5.88 Å². The number of aryl methyl sites for hydroxylation is 1. The smallest absolute Gasteiger partial charge is 0.228 e. The summed E-state index contributed by atoms with van der Waals surface area (Å²) >= 11 is 0. The van der Waals surface area contributed by atoms with Gasteiger partial charge in [-0.15, -0.1) is 0 Å². The zero-order valence-electron chi connectivity index (χ0n) is 17.0. The first-order valence-electron chi connectivity index (χ1n) is 9.20. The van der Waals surface area contributed by atoms with Crippen LogP contribution in [0.25, 0.3) is 0 Å². The molecule has 10 heteroatoms. The van der Waals surface area contributed by atoms with E-state index in [1.165, 1.54) is 0 Å². The van der Waals surface area contributed by atoms with Crippen LogP contribution in [0, 0.1) is 6.92 Å². The summed E-state index contributed by atoms with van der Waals surface area (Å²) in [6.07, 6.45) is 2.08. The van der Waals surface area contributed by atoms with E-state index in [2.05, 4.69) is 49.1 Å². The summed E-state index contributed by atoms with van der Waals surface area (Å²) in [6, 6.07) is 3.94. The fraction of sp³-hybridized carbons (Fsp3) is 0.500. The van der Waals surface area contributed by atoms with Crippen molar-refractivity contribution in [3.63, 3.8) is 0 Å². The van der Waals surface area contributed by atoms with Gasteiger partial charge in [-0.2, -0.15) is 9.97 Å². The van der Waals surface area contributed by atoms with Crippen LogP contribution < -0.4 is 20.8 Å². The molecule has 0 radical (unpaired) electrons. The molecule has 1 aliphatic heterocycles. The maximum absolute atomic E-state index is 5.80. The van der Waals surface area contributed by atoms with Crippen molar-refractivity contribution in [3.05, 3.63) is 35.5 Å². The van der Waals surface area contributed by atoms with Gasteiger partial charge in [0.05, 0.1) is 12.2 Å². The standard InChI is InChI=1S/C18H28N8O2/c1-12-8-14(28-24-12)11-19-18-21-15(20-16-9-13(2)26(5)23-16)10-17(22-18)27-7-6-25(3)4/h8-10,13,23H,6-7,11H2,1-5H3,(H2,19,20,21,22). The molecule has 0 spiro atoms. The van der Waals surface area contributed by atoms with E-state index in [0.717, 1.165) is 18.1 Å². The molecule has 0 amide bonds. The highest BCUT2D eigenvalue weighted by Crippen LogP contribution is 2.19. The third-order valence-corrected chi connectivity index (χ3v) is 4.17. The molecule has 0 bridgehead atoms. The van der Waals surface area contributed by atoms with Gasteiger partial charge in [-0.1, -0.05) is 5.16 Å². The van der Waals surface area contributed by atoms with Crippen LogP contribution in [0.4, 0.5) is 11.8 Å². The lowest BCUT2D eigenvalue weighted by molar-refractivity contribution is 0.254. The normalized spacial score (nSPS) is 16.8. The minimum Gasteiger partial charge on any atom is -0.476 e. The third kappa shape index (κ3) is 5.57. The zero-order chi connectivity index (χ0) is 20.1. The van der Waals surface area contributed by atoms with Crippen molar-refractivity contribution >= 4 is 11.8 Å². The summed E-state index contributed by atoms with van der Waals surface area (Å²) in [4.78, 5) is 11.0. The summed E-state index contributed by atoms with van der Waals surface area (Å²) in [5.74, 6) is 3.15. The van der Waals surface area contributed by atoms with Gasteiger partial charge in [-0.3, -0.25) is 0 Å². The van der Waals surface area contributed by atoms with Gasteiger partial charge in [0.2, 0.25) is 11.8 Å². The highest BCUT2D eigenvalue weighted by molar-refractivity contribution is 5.48. The Bertz CT molecular complexity index is 820. The topological polar surface area (TPSA) is 104 Å². The van der Waals surface area contributed by atoms with Gasteiger partial charge < -0.3 is 30.2 Å². The maximum Gasteiger partial charge on any atom is 0.228 e. The van der Waals surface area contributed by atoms with Gasteiger partial charge in [0.1, 0.15) is 18.2 Å². The molecule has 3 rings (SSSR count). The maximum atomic E-state index is 5.80. The average molecular weight is 388 g/mol. The fourth-order valence-corrected chi connectivity index (χ4v) is 2.53. The van der Waals surface area contributed by atoms with Crippen LogP contribution in [-0.2, 0) is 6.54 Å². The van der Waals surface area contributed by atoms with Crippen molar-refractivity contribution in [2.75, 3.05) is 44.9 Å². The molecule has 1 unspecified atom stereocenters. The van der Waals surface area contributed by atoms with E-state index in [-0.39, 0.29) is 6.04 Å². The van der Waals surface area contributed by atoms with Crippen molar-refractivity contribution < 1.29 is 9.26 Å². The fourth-order valence-electron chi connectivity index (χ4n) is 2.53. The molecule has 0 saturated heterocycles. The molecule has 3 N–H and O–H groups in total. The van der Waals surface area contributed by atoms with Crippen LogP contribution >= 0.6 is 0 Å². The largest absolute Gasteiger partial charge is 0.476 e. The Morgan fingerprint density at radius 3 is 2.79 bits per heavy atom. The molecular weight excluding hydrogens is 360 g/mol. The molecule has 1 atom stereocenters. The number of ether oxygens (including phenoxy) is 1. The van der Waals surface area contributed by atoms with E-state index in [1.54, 1.807) is 6.07 Å². The van der Waals surface area contributed by atoms with Crippen LogP contribution in [0.3, 0.4) is 0 Å². The van der Waals surface area contributed by atoms with Crippen LogP contribution in [0.15, 0.2) is 28.6 Å². The predicted molar refractivity (Wildman–Crippen MR) is 107 cm³/mol. The van der Waals surface area contributed by atoms with Crippen LogP contribution in [0.1, 0.15) is 18.4 Å². The molecule has 1 aliphatic rings. The summed E-state index contributed by atoms with van der Waals surface area (Å²) in [5, 5.41) is 12.3. The highest BCUT2D eigenvalue weighted by Gasteiger charge is 2.17. The number of hydrogen-bond donors (Lipinski definition) is 3. The summed E-state index contributed by atoms with van der Waals surface area (Å²) in [6.45, 7) is 5.74. The Morgan fingerprint density at radius 1 is 1.32 bits per heavy atom. The Labute approximate surface area is 164 Å². The lowest BCUT2D eigenvalue weighted by Gasteiger charge is -2.17. The number of hydrogen-bond acceptors (Lipinski definition) is 10. The van der Waals surface area contributed by atoms with Gasteiger partial charge in [-0.25, -0.2) is 5.01 Å². The molecule has 0 aliphatic carbocycles. The monoisotopic (exact) mass is 388 g/mol. The number of anilines is 2. The molecule has 0 aromatic carbocycles. The molecule has 0 saturated carbocycles. The van der Waals surface area contributed by atoms with E-state index in [9.17, 15) is 0 Å². The van der Waals surface area contributed by atoms with Gasteiger partial charge in [0.15, 0.2) is 5.76 Å². The molecule has 10 nitrogen and oxygen atoms in total. The number of hydrazine groups is 1. The van der Waals surface area contributed by atoms with E-state index in [4.69, 9.17) is 9.26 Å². The number of aromatic nitrogens is 3. The van der Waals surface area contributed by atoms with Gasteiger partial charge >= 0.3 is 0 Å². The predicted octanol–water partition coefficient (Wildman–Crippen LogP) is 1.42. The molecule has 2 aromatic heterocycles. The molecule has 3 heterocycles. The second-order valence-electron chi connectivity index (χ2n) is 7.02. The van der Waals surface area contributed by atoms with Crippen molar-refractivity contribution in [1.29, 1.82) is 0 Å².